The van der Waals surface area contributed by atoms with Gasteiger partial charge in [0.25, 0.3) is 0 Å². The van der Waals surface area contributed by atoms with Gasteiger partial charge in [-0.2, -0.15) is 0 Å². The Bertz CT molecular complexity index is 1650. The number of aryl methyl sites for hydroxylation is 1. The van der Waals surface area contributed by atoms with Crippen LogP contribution in [0.15, 0.2) is 76.6 Å². The molecule has 0 nitrogen and oxygen atoms in total. The predicted molar refractivity (Wildman–Crippen MR) is 163 cm³/mol. The Labute approximate surface area is 235 Å². The van der Waals surface area contributed by atoms with Gasteiger partial charge in [-0.1, -0.05) is 96.8 Å². The van der Waals surface area contributed by atoms with E-state index in [2.05, 4.69) is 67.6 Å². The van der Waals surface area contributed by atoms with Gasteiger partial charge in [-0.3, -0.25) is 0 Å². The van der Waals surface area contributed by atoms with Gasteiger partial charge < -0.3 is 0 Å². The Morgan fingerprint density at radius 3 is 1.86 bits per heavy atom. The van der Waals surface area contributed by atoms with Crippen LogP contribution >= 0.6 is 47.0 Å². The Kier molecular flexibility index (Phi) is 5.00. The van der Waals surface area contributed by atoms with Crippen LogP contribution in [-0.4, -0.2) is 0 Å². The van der Waals surface area contributed by atoms with E-state index in [1.165, 1.54) is 81.4 Å². The summed E-state index contributed by atoms with van der Waals surface area (Å²) in [5.74, 6) is 3.76. The summed E-state index contributed by atoms with van der Waals surface area (Å²) in [4.78, 5) is 5.79. The lowest BCUT2D eigenvalue weighted by Crippen LogP contribution is -2.34. The fourth-order valence-electron chi connectivity index (χ4n) is 7.69. The van der Waals surface area contributed by atoms with Crippen LogP contribution in [0.4, 0.5) is 0 Å². The molecule has 0 radical (unpaired) electrons. The number of benzene rings is 3. The van der Waals surface area contributed by atoms with Crippen LogP contribution in [0.1, 0.15) is 49.7 Å². The summed E-state index contributed by atoms with van der Waals surface area (Å²) in [6.07, 6.45) is 16.7. The second-order valence-electron chi connectivity index (χ2n) is 11.6. The molecule has 4 aliphatic carbocycles. The van der Waals surface area contributed by atoms with E-state index in [9.17, 15) is 0 Å². The fourth-order valence-corrected chi connectivity index (χ4v) is 13.1. The van der Waals surface area contributed by atoms with Crippen LogP contribution < -0.4 is 10.4 Å². The molecule has 5 atom stereocenters. The van der Waals surface area contributed by atoms with Gasteiger partial charge in [-0.15, -0.1) is 0 Å². The van der Waals surface area contributed by atoms with E-state index in [0.717, 1.165) is 29.6 Å². The van der Waals surface area contributed by atoms with Gasteiger partial charge in [0.15, 0.2) is 0 Å². The molecule has 3 aromatic carbocycles. The summed E-state index contributed by atoms with van der Waals surface area (Å²) in [7, 11) is 0. The monoisotopic (exact) mass is 552 g/mol. The molecule has 0 N–H and O–H groups in total. The molecule has 0 aromatic heterocycles. The van der Waals surface area contributed by atoms with Crippen molar-refractivity contribution in [3.8, 4) is 0 Å². The van der Waals surface area contributed by atoms with E-state index < -0.39 is 0 Å². The first-order valence-corrected chi connectivity index (χ1v) is 17.1. The molecular formula is C33H28S4. The second kappa shape index (κ2) is 8.27. The third kappa shape index (κ3) is 3.41. The highest BCUT2D eigenvalue weighted by atomic mass is 32.2. The van der Waals surface area contributed by atoms with Crippen molar-refractivity contribution in [1.29, 1.82) is 0 Å². The number of rotatable bonds is 2. The Morgan fingerprint density at radius 1 is 0.703 bits per heavy atom. The lowest BCUT2D eigenvalue weighted by Gasteiger charge is -2.25. The maximum atomic E-state index is 2.60. The smallest absolute Gasteiger partial charge is 0.0706 e. The van der Waals surface area contributed by atoms with E-state index in [4.69, 9.17) is 0 Å². The molecule has 0 spiro atoms. The molecular weight excluding hydrogens is 525 g/mol. The Hall–Kier alpha value is -1.46. The van der Waals surface area contributed by atoms with Gasteiger partial charge in [0, 0.05) is 19.6 Å². The molecule has 0 saturated heterocycles. The highest BCUT2D eigenvalue weighted by molar-refractivity contribution is 8.30. The quantitative estimate of drug-likeness (QED) is 0.291. The lowest BCUT2D eigenvalue weighted by atomic mass is 9.79. The molecule has 5 unspecified atom stereocenters. The van der Waals surface area contributed by atoms with E-state index in [0.29, 0.717) is 0 Å². The van der Waals surface area contributed by atoms with Gasteiger partial charge in [0.2, 0.25) is 0 Å². The minimum atomic E-state index is 0.723. The highest BCUT2D eigenvalue weighted by Crippen LogP contribution is 2.61. The molecule has 3 aromatic rings. The van der Waals surface area contributed by atoms with Crippen LogP contribution in [0.5, 0.6) is 0 Å². The predicted octanol–water partition coefficient (Wildman–Crippen LogP) is 8.90. The van der Waals surface area contributed by atoms with Crippen molar-refractivity contribution in [3.63, 3.8) is 0 Å². The van der Waals surface area contributed by atoms with Crippen LogP contribution in [-0.2, 0) is 6.42 Å². The highest BCUT2D eigenvalue weighted by Gasteiger charge is 2.43. The first-order valence-electron chi connectivity index (χ1n) is 13.8. The van der Waals surface area contributed by atoms with Crippen molar-refractivity contribution in [1.82, 2.24) is 0 Å². The van der Waals surface area contributed by atoms with Gasteiger partial charge >= 0.3 is 0 Å². The largest absolute Gasteiger partial charge is 0.0845 e. The lowest BCUT2D eigenvalue weighted by molar-refractivity contribution is 0.488. The topological polar surface area (TPSA) is 0 Å². The van der Waals surface area contributed by atoms with Crippen LogP contribution in [0.25, 0.3) is 22.9 Å². The van der Waals surface area contributed by atoms with E-state index in [1.54, 1.807) is 11.1 Å². The van der Waals surface area contributed by atoms with E-state index in [-0.39, 0.29) is 0 Å². The Morgan fingerprint density at radius 2 is 1.27 bits per heavy atom. The molecule has 2 bridgehead atoms. The zero-order valence-electron chi connectivity index (χ0n) is 20.8. The van der Waals surface area contributed by atoms with Gasteiger partial charge in [-0.25, -0.2) is 0 Å². The molecule has 184 valence electrons. The summed E-state index contributed by atoms with van der Waals surface area (Å²) in [6, 6.07) is 14.9. The summed E-state index contributed by atoms with van der Waals surface area (Å²) < 4.78 is 2.94. The summed E-state index contributed by atoms with van der Waals surface area (Å²) >= 11 is 7.98. The second-order valence-corrected chi connectivity index (χ2v) is 16.3. The number of hydrogen-bond acceptors (Lipinski definition) is 4. The van der Waals surface area contributed by atoms with Crippen molar-refractivity contribution in [2.45, 2.75) is 64.5 Å². The summed E-state index contributed by atoms with van der Waals surface area (Å²) in [5.41, 5.74) is 3.23. The van der Waals surface area contributed by atoms with Crippen molar-refractivity contribution in [2.75, 3.05) is 0 Å². The van der Waals surface area contributed by atoms with Crippen LogP contribution in [0, 0.1) is 23.7 Å². The molecule has 2 aliphatic heterocycles. The zero-order valence-corrected chi connectivity index (χ0v) is 24.1. The molecule has 1 saturated carbocycles. The molecule has 4 heteroatoms. The third-order valence-electron chi connectivity index (χ3n) is 9.45. The SMILES string of the molecule is CCCC1CCc2cc3cc4c(cc3cc21)SC(=C1Sc2cc3c(cc2S1)=CC1C2C=CC(C2)C1C=3)S4. The normalized spacial score (nSPS) is 29.7. The zero-order chi connectivity index (χ0) is 24.2. The minimum absolute atomic E-state index is 0.723. The summed E-state index contributed by atoms with van der Waals surface area (Å²) in [6.45, 7) is 2.32. The first kappa shape index (κ1) is 22.4. The molecule has 9 rings (SSSR count). The number of thioether (sulfide) groups is 4. The van der Waals surface area contributed by atoms with Gasteiger partial charge in [-0.05, 0) is 112 Å². The van der Waals surface area contributed by atoms with Gasteiger partial charge in [0.05, 0.1) is 8.47 Å². The molecule has 1 fully saturated rings. The van der Waals surface area contributed by atoms with Gasteiger partial charge in [0.1, 0.15) is 0 Å². The molecule has 6 aliphatic rings. The third-order valence-corrected chi connectivity index (χ3v) is 15.0. The van der Waals surface area contributed by atoms with Crippen LogP contribution in [0.3, 0.4) is 0 Å². The number of allylic oxidation sites excluding steroid dienone is 2. The average Bonchev–Trinajstić information content (AvgIpc) is 3.72. The fraction of sp³-hybridized carbons (Fsp3) is 0.333. The van der Waals surface area contributed by atoms with Crippen LogP contribution in [0.2, 0.25) is 0 Å². The summed E-state index contributed by atoms with van der Waals surface area (Å²) in [5, 5.41) is 5.80. The average molecular weight is 553 g/mol. The number of hydrogen-bond donors (Lipinski definition) is 0. The maximum Gasteiger partial charge on any atom is 0.0706 e. The maximum absolute atomic E-state index is 2.60. The number of fused-ring (bicyclic) bond motifs is 10. The van der Waals surface area contributed by atoms with Crippen molar-refractivity contribution < 1.29 is 0 Å². The first-order chi connectivity index (χ1) is 18.2. The molecule has 0 amide bonds. The van der Waals surface area contributed by atoms with E-state index in [1.807, 2.05) is 47.0 Å². The standard InChI is InChI=1S/C33H28S4/c1-2-3-17-4-5-18-9-21-13-28-29(14-22(21)10-25(17)18)35-32(34-28)33-36-30-15-23-11-26-19-6-7-20(8-19)27(26)12-24(23)16-31(30)37-33/h6-7,9-17,19-20,26-27H,2-5,8H2,1H3. The van der Waals surface area contributed by atoms with Crippen molar-refractivity contribution >= 4 is 70.0 Å². The Balaban J connectivity index is 1.04. The van der Waals surface area contributed by atoms with E-state index >= 15 is 0 Å². The minimum Gasteiger partial charge on any atom is -0.0845 e. The molecule has 2 heterocycles. The van der Waals surface area contributed by atoms with Crippen molar-refractivity contribution in [3.05, 3.63) is 78.6 Å². The van der Waals surface area contributed by atoms with Crippen molar-refractivity contribution in [2.24, 2.45) is 23.7 Å². The molecule has 37 heavy (non-hydrogen) atoms.